The van der Waals surface area contributed by atoms with E-state index in [1.807, 2.05) is 26.8 Å². The number of fused-ring (bicyclic) bond motifs is 1. The number of carbonyl (C=O) groups is 2. The smallest absolute Gasteiger partial charge is 0.232 e. The third-order valence-electron chi connectivity index (χ3n) is 4.24. The fourth-order valence-corrected chi connectivity index (χ4v) is 3.06. The molecule has 0 aromatic carbocycles. The van der Waals surface area contributed by atoms with Crippen molar-refractivity contribution in [2.24, 2.45) is 0 Å². The van der Waals surface area contributed by atoms with Crippen LogP contribution in [0.1, 0.15) is 46.5 Å². The molecule has 0 unspecified atom stereocenters. The highest BCUT2D eigenvalue weighted by atomic mass is 16.3. The Labute approximate surface area is 150 Å². The van der Waals surface area contributed by atoms with Crippen LogP contribution in [-0.4, -0.2) is 31.4 Å². The first-order valence-corrected chi connectivity index (χ1v) is 8.36. The summed E-state index contributed by atoms with van der Waals surface area (Å²) in [6.07, 6.45) is 0.191. The molecule has 1 N–H and O–H groups in total. The lowest BCUT2D eigenvalue weighted by Crippen LogP contribution is -2.17. The van der Waals surface area contributed by atoms with Gasteiger partial charge >= 0.3 is 0 Å². The van der Waals surface area contributed by atoms with Crippen molar-refractivity contribution in [1.82, 2.24) is 19.7 Å². The second-order valence-electron chi connectivity index (χ2n) is 6.33. The summed E-state index contributed by atoms with van der Waals surface area (Å²) >= 11 is 0. The highest BCUT2D eigenvalue weighted by Gasteiger charge is 2.16. The molecular weight excluding hydrogens is 334 g/mol. The van der Waals surface area contributed by atoms with Gasteiger partial charge < -0.3 is 4.42 Å². The van der Waals surface area contributed by atoms with Gasteiger partial charge in [-0.05, 0) is 40.7 Å². The molecule has 0 saturated carbocycles. The van der Waals surface area contributed by atoms with Gasteiger partial charge in [0.25, 0.3) is 0 Å². The van der Waals surface area contributed by atoms with Crippen molar-refractivity contribution in [3.63, 3.8) is 0 Å². The van der Waals surface area contributed by atoms with Crippen LogP contribution < -0.4 is 5.32 Å². The van der Waals surface area contributed by atoms with E-state index in [0.717, 1.165) is 22.5 Å². The standard InChI is InChI=1S/C18H21N5O3/c1-9-8-14-10(2)19-18(21-17(14)26-9)20-15(25)6-7-23-12(4)16(13(5)24)11(3)22-23/h8H,6-7H2,1-5H3,(H,19,20,21,25). The number of Topliss-reactive ketones (excluding diaryl/α,β-unsaturated/α-hetero) is 1. The second kappa shape index (κ2) is 6.70. The molecule has 0 saturated heterocycles. The summed E-state index contributed by atoms with van der Waals surface area (Å²) in [6.45, 7) is 9.18. The zero-order chi connectivity index (χ0) is 19.0. The number of carbonyl (C=O) groups excluding carboxylic acids is 2. The number of aryl methyl sites for hydroxylation is 4. The highest BCUT2D eigenvalue weighted by molar-refractivity contribution is 5.96. The zero-order valence-electron chi connectivity index (χ0n) is 15.5. The van der Waals surface area contributed by atoms with Crippen LogP contribution in [0.4, 0.5) is 5.95 Å². The lowest BCUT2D eigenvalue weighted by atomic mass is 10.1. The quantitative estimate of drug-likeness (QED) is 0.706. The Balaban J connectivity index is 1.70. The van der Waals surface area contributed by atoms with Crippen LogP contribution in [0.3, 0.4) is 0 Å². The van der Waals surface area contributed by atoms with E-state index >= 15 is 0 Å². The van der Waals surface area contributed by atoms with Crippen LogP contribution in [0.25, 0.3) is 11.1 Å². The first-order valence-electron chi connectivity index (χ1n) is 8.36. The van der Waals surface area contributed by atoms with E-state index in [1.54, 1.807) is 11.6 Å². The number of furan rings is 1. The Morgan fingerprint density at radius 1 is 1.15 bits per heavy atom. The lowest BCUT2D eigenvalue weighted by molar-refractivity contribution is -0.116. The van der Waals surface area contributed by atoms with Crippen molar-refractivity contribution in [3.8, 4) is 0 Å². The summed E-state index contributed by atoms with van der Waals surface area (Å²) in [5, 5.41) is 7.86. The van der Waals surface area contributed by atoms with E-state index in [2.05, 4.69) is 20.4 Å². The van der Waals surface area contributed by atoms with E-state index in [-0.39, 0.29) is 24.1 Å². The molecule has 0 aliphatic carbocycles. The van der Waals surface area contributed by atoms with Gasteiger partial charge in [-0.2, -0.15) is 10.1 Å². The van der Waals surface area contributed by atoms with Crippen LogP contribution in [0, 0.1) is 27.7 Å². The first kappa shape index (κ1) is 17.8. The SMILES string of the molecule is CC(=O)c1c(C)nn(CCC(=O)Nc2nc(C)c3cc(C)oc3n2)c1C. The van der Waals surface area contributed by atoms with Gasteiger partial charge in [-0.25, -0.2) is 4.98 Å². The summed E-state index contributed by atoms with van der Waals surface area (Å²) in [6, 6.07) is 1.87. The minimum atomic E-state index is -0.232. The number of hydrogen-bond acceptors (Lipinski definition) is 6. The van der Waals surface area contributed by atoms with E-state index in [0.29, 0.717) is 23.5 Å². The maximum atomic E-state index is 12.2. The predicted octanol–water partition coefficient (Wildman–Crippen LogP) is 2.88. The molecule has 0 spiro atoms. The molecule has 8 nitrogen and oxygen atoms in total. The molecule has 1 amide bonds. The van der Waals surface area contributed by atoms with Crippen LogP contribution in [0.5, 0.6) is 0 Å². The Bertz CT molecular complexity index is 1020. The first-order chi connectivity index (χ1) is 12.3. The number of hydrogen-bond donors (Lipinski definition) is 1. The number of nitrogens with zero attached hydrogens (tertiary/aromatic N) is 4. The Morgan fingerprint density at radius 2 is 1.88 bits per heavy atom. The molecule has 3 heterocycles. The molecule has 0 radical (unpaired) electrons. The second-order valence-corrected chi connectivity index (χ2v) is 6.33. The van der Waals surface area contributed by atoms with E-state index in [9.17, 15) is 9.59 Å². The van der Waals surface area contributed by atoms with E-state index in [4.69, 9.17) is 4.42 Å². The van der Waals surface area contributed by atoms with Crippen LogP contribution >= 0.6 is 0 Å². The fourth-order valence-electron chi connectivity index (χ4n) is 3.06. The van der Waals surface area contributed by atoms with E-state index < -0.39 is 0 Å². The molecular formula is C18H21N5O3. The van der Waals surface area contributed by atoms with Gasteiger partial charge in [-0.3, -0.25) is 19.6 Å². The van der Waals surface area contributed by atoms with Crippen LogP contribution in [-0.2, 0) is 11.3 Å². The average Bonchev–Trinajstić information content (AvgIpc) is 3.04. The summed E-state index contributed by atoms with van der Waals surface area (Å²) in [7, 11) is 0. The normalized spacial score (nSPS) is 11.1. The summed E-state index contributed by atoms with van der Waals surface area (Å²) in [5.41, 5.74) is 3.25. The van der Waals surface area contributed by atoms with Crippen LogP contribution in [0.15, 0.2) is 10.5 Å². The third kappa shape index (κ3) is 3.35. The molecule has 0 aliphatic rings. The minimum absolute atomic E-state index is 0.0263. The van der Waals surface area contributed by atoms with Gasteiger partial charge in [0.05, 0.1) is 22.3 Å². The van der Waals surface area contributed by atoms with Gasteiger partial charge in [-0.1, -0.05) is 0 Å². The summed E-state index contributed by atoms with van der Waals surface area (Å²) in [5.74, 6) is 0.699. The van der Waals surface area contributed by atoms with Gasteiger partial charge in [0.1, 0.15) is 5.76 Å². The Hall–Kier alpha value is -3.03. The largest absolute Gasteiger partial charge is 0.443 e. The maximum Gasteiger partial charge on any atom is 0.232 e. The number of amides is 1. The Morgan fingerprint density at radius 3 is 2.54 bits per heavy atom. The predicted molar refractivity (Wildman–Crippen MR) is 96.2 cm³/mol. The number of ketones is 1. The fraction of sp³-hybridized carbons (Fsp3) is 0.389. The summed E-state index contributed by atoms with van der Waals surface area (Å²) in [4.78, 5) is 32.4. The lowest BCUT2D eigenvalue weighted by Gasteiger charge is -2.06. The molecule has 0 fully saturated rings. The maximum absolute atomic E-state index is 12.2. The molecule has 3 aromatic rings. The van der Waals surface area contributed by atoms with Crippen molar-refractivity contribution in [2.45, 2.75) is 47.6 Å². The monoisotopic (exact) mass is 355 g/mol. The molecule has 3 aromatic heterocycles. The number of aromatic nitrogens is 4. The van der Waals surface area contributed by atoms with Gasteiger partial charge in [0.15, 0.2) is 5.78 Å². The molecule has 8 heteroatoms. The molecule has 3 rings (SSSR count). The number of rotatable bonds is 5. The average molecular weight is 355 g/mol. The molecule has 0 atom stereocenters. The van der Waals surface area contributed by atoms with Crippen molar-refractivity contribution in [3.05, 3.63) is 34.5 Å². The number of nitrogens with one attached hydrogen (secondary N) is 1. The van der Waals surface area contributed by atoms with Gasteiger partial charge in [0, 0.05) is 18.7 Å². The molecule has 26 heavy (non-hydrogen) atoms. The van der Waals surface area contributed by atoms with Crippen LogP contribution in [0.2, 0.25) is 0 Å². The zero-order valence-corrected chi connectivity index (χ0v) is 15.5. The van der Waals surface area contributed by atoms with Crippen molar-refractivity contribution in [1.29, 1.82) is 0 Å². The summed E-state index contributed by atoms with van der Waals surface area (Å²) < 4.78 is 7.18. The Kier molecular flexibility index (Phi) is 4.58. The van der Waals surface area contributed by atoms with E-state index in [1.165, 1.54) is 6.92 Å². The van der Waals surface area contributed by atoms with Gasteiger partial charge in [0.2, 0.25) is 17.6 Å². The van der Waals surface area contributed by atoms with Gasteiger partial charge in [-0.15, -0.1) is 0 Å². The molecule has 0 aliphatic heterocycles. The molecule has 136 valence electrons. The molecule has 0 bridgehead atoms. The van der Waals surface area contributed by atoms with Crippen molar-refractivity contribution >= 4 is 28.7 Å². The number of anilines is 1. The van der Waals surface area contributed by atoms with Crippen molar-refractivity contribution < 1.29 is 14.0 Å². The topological polar surface area (TPSA) is 103 Å². The minimum Gasteiger partial charge on any atom is -0.443 e. The highest BCUT2D eigenvalue weighted by Crippen LogP contribution is 2.21. The van der Waals surface area contributed by atoms with Crippen molar-refractivity contribution in [2.75, 3.05) is 5.32 Å². The third-order valence-corrected chi connectivity index (χ3v) is 4.24.